The zero-order chi connectivity index (χ0) is 22.4. The Morgan fingerprint density at radius 2 is 1.84 bits per heavy atom. The second-order valence-electron chi connectivity index (χ2n) is 6.31. The number of fused-ring (bicyclic) bond motifs is 1. The summed E-state index contributed by atoms with van der Waals surface area (Å²) >= 11 is 6.21. The number of aromatic hydroxyl groups is 1. The summed E-state index contributed by atoms with van der Waals surface area (Å²) in [5, 5.41) is 15.9. The summed E-state index contributed by atoms with van der Waals surface area (Å²) in [7, 11) is 2.66. The van der Waals surface area contributed by atoms with Crippen LogP contribution in [0.3, 0.4) is 0 Å². The molecule has 0 aliphatic rings. The monoisotopic (exact) mass is 442 g/mol. The van der Waals surface area contributed by atoms with Gasteiger partial charge in [0.05, 0.1) is 31.0 Å². The number of esters is 1. The lowest BCUT2D eigenvalue weighted by Gasteiger charge is -2.12. The number of nitrogens with zero attached hydrogens (tertiary/aromatic N) is 1. The van der Waals surface area contributed by atoms with Crippen LogP contribution in [0.25, 0.3) is 10.8 Å². The first-order valence-corrected chi connectivity index (χ1v) is 9.43. The summed E-state index contributed by atoms with van der Waals surface area (Å²) in [6, 6.07) is 13.6. The lowest BCUT2D eigenvalue weighted by Crippen LogP contribution is -2.17. The number of nitrogens with one attached hydrogen (secondary N) is 1. The SMILES string of the molecule is COC(=O)COc1c(Cl)cc(C=NNC(=O)c2cc3ccccc3cc2O)cc1OC. The van der Waals surface area contributed by atoms with Crippen molar-refractivity contribution in [3.8, 4) is 17.2 Å². The number of rotatable bonds is 7. The fraction of sp³-hybridized carbons (Fsp3) is 0.136. The Hall–Kier alpha value is -3.78. The first-order chi connectivity index (χ1) is 14.9. The number of hydrogen-bond donors (Lipinski definition) is 2. The zero-order valence-corrected chi connectivity index (χ0v) is 17.5. The molecule has 0 heterocycles. The standard InChI is InChI=1S/C22H19ClN2O6/c1-29-19-8-13(7-17(23)21(19)31-12-20(27)30-2)11-24-25-22(28)16-9-14-5-3-4-6-15(14)10-18(16)26/h3-11,26H,12H2,1-2H3,(H,25,28). The van der Waals surface area contributed by atoms with Gasteiger partial charge in [0, 0.05) is 0 Å². The van der Waals surface area contributed by atoms with Gasteiger partial charge in [-0.25, -0.2) is 10.2 Å². The van der Waals surface area contributed by atoms with Crippen LogP contribution in [-0.4, -0.2) is 44.0 Å². The van der Waals surface area contributed by atoms with Crippen LogP contribution in [0.15, 0.2) is 53.6 Å². The quantitative estimate of drug-likeness (QED) is 0.329. The number of methoxy groups -OCH3 is 2. The van der Waals surface area contributed by atoms with E-state index in [1.165, 1.54) is 32.6 Å². The van der Waals surface area contributed by atoms with E-state index in [1.54, 1.807) is 12.1 Å². The number of phenols is 1. The van der Waals surface area contributed by atoms with Gasteiger partial charge in [-0.1, -0.05) is 35.9 Å². The minimum absolute atomic E-state index is 0.0954. The van der Waals surface area contributed by atoms with Crippen molar-refractivity contribution in [3.05, 3.63) is 64.7 Å². The molecule has 160 valence electrons. The van der Waals surface area contributed by atoms with Crippen molar-refractivity contribution in [1.29, 1.82) is 0 Å². The maximum Gasteiger partial charge on any atom is 0.343 e. The third-order valence-corrected chi connectivity index (χ3v) is 4.58. The summed E-state index contributed by atoms with van der Waals surface area (Å²) in [4.78, 5) is 23.7. The molecule has 0 aromatic heterocycles. The van der Waals surface area contributed by atoms with Gasteiger partial charge in [-0.05, 0) is 40.6 Å². The van der Waals surface area contributed by atoms with Gasteiger partial charge < -0.3 is 19.3 Å². The molecule has 0 radical (unpaired) electrons. The van der Waals surface area contributed by atoms with Gasteiger partial charge in [-0.15, -0.1) is 0 Å². The molecule has 0 fully saturated rings. The minimum atomic E-state index is -0.574. The zero-order valence-electron chi connectivity index (χ0n) is 16.7. The fourth-order valence-corrected chi connectivity index (χ4v) is 3.05. The molecule has 0 spiro atoms. The molecule has 9 heteroatoms. The van der Waals surface area contributed by atoms with E-state index in [9.17, 15) is 14.7 Å². The van der Waals surface area contributed by atoms with Gasteiger partial charge in [-0.3, -0.25) is 4.79 Å². The number of amides is 1. The summed E-state index contributed by atoms with van der Waals surface area (Å²) in [5.41, 5.74) is 2.97. The molecule has 0 bridgehead atoms. The Morgan fingerprint density at radius 1 is 1.13 bits per heavy atom. The first kappa shape index (κ1) is 21.9. The number of benzene rings is 3. The van der Waals surface area contributed by atoms with Crippen molar-refractivity contribution in [1.82, 2.24) is 5.43 Å². The number of phenolic OH excluding ortho intramolecular Hbond substituents is 1. The van der Waals surface area contributed by atoms with Crippen LogP contribution < -0.4 is 14.9 Å². The molecule has 0 atom stereocenters. The van der Waals surface area contributed by atoms with Crippen molar-refractivity contribution in [3.63, 3.8) is 0 Å². The van der Waals surface area contributed by atoms with Crippen LogP contribution in [0.5, 0.6) is 17.2 Å². The highest BCUT2D eigenvalue weighted by Crippen LogP contribution is 2.36. The van der Waals surface area contributed by atoms with Crippen LogP contribution in [-0.2, 0) is 9.53 Å². The van der Waals surface area contributed by atoms with Crippen molar-refractivity contribution >= 4 is 40.5 Å². The van der Waals surface area contributed by atoms with Crippen LogP contribution in [0.2, 0.25) is 5.02 Å². The van der Waals surface area contributed by atoms with E-state index in [1.807, 2.05) is 24.3 Å². The van der Waals surface area contributed by atoms with Crippen molar-refractivity contribution in [2.24, 2.45) is 5.10 Å². The molecule has 0 aliphatic heterocycles. The van der Waals surface area contributed by atoms with Gasteiger partial charge >= 0.3 is 5.97 Å². The van der Waals surface area contributed by atoms with E-state index >= 15 is 0 Å². The smallest absolute Gasteiger partial charge is 0.343 e. The molecule has 0 unspecified atom stereocenters. The maximum absolute atomic E-state index is 12.4. The Morgan fingerprint density at radius 3 is 2.52 bits per heavy atom. The molecule has 3 aromatic carbocycles. The molecule has 0 aliphatic carbocycles. The predicted octanol–water partition coefficient (Wildman–Crippen LogP) is 3.52. The van der Waals surface area contributed by atoms with Crippen LogP contribution in [0.1, 0.15) is 15.9 Å². The molecule has 0 saturated carbocycles. The second kappa shape index (κ2) is 9.82. The number of hydrogen-bond acceptors (Lipinski definition) is 7. The van der Waals surface area contributed by atoms with E-state index in [2.05, 4.69) is 15.3 Å². The van der Waals surface area contributed by atoms with Crippen LogP contribution in [0, 0.1) is 0 Å². The highest BCUT2D eigenvalue weighted by molar-refractivity contribution is 6.32. The molecule has 0 saturated heterocycles. The molecule has 2 N–H and O–H groups in total. The fourth-order valence-electron chi connectivity index (χ4n) is 2.78. The Labute approximate surface area is 183 Å². The van der Waals surface area contributed by atoms with Crippen molar-refractivity contribution in [2.45, 2.75) is 0 Å². The van der Waals surface area contributed by atoms with Crippen molar-refractivity contribution < 1.29 is 28.9 Å². The third kappa shape index (κ3) is 5.23. The molecular formula is C22H19ClN2O6. The number of hydrazone groups is 1. The normalized spacial score (nSPS) is 10.8. The van der Waals surface area contributed by atoms with Crippen LogP contribution in [0.4, 0.5) is 0 Å². The van der Waals surface area contributed by atoms with E-state index < -0.39 is 11.9 Å². The summed E-state index contributed by atoms with van der Waals surface area (Å²) in [6.07, 6.45) is 1.36. The first-order valence-electron chi connectivity index (χ1n) is 9.05. The van der Waals surface area contributed by atoms with Crippen LogP contribution >= 0.6 is 11.6 Å². The molecular weight excluding hydrogens is 424 g/mol. The number of ether oxygens (including phenoxy) is 3. The highest BCUT2D eigenvalue weighted by Gasteiger charge is 2.14. The Balaban J connectivity index is 1.74. The number of halogens is 1. The Bertz CT molecular complexity index is 1160. The lowest BCUT2D eigenvalue weighted by molar-refractivity contribution is -0.142. The van der Waals surface area contributed by atoms with Gasteiger partial charge in [0.25, 0.3) is 5.91 Å². The van der Waals surface area contributed by atoms with Gasteiger partial charge in [0.15, 0.2) is 18.1 Å². The van der Waals surface area contributed by atoms with Gasteiger partial charge in [0.1, 0.15) is 5.75 Å². The summed E-state index contributed by atoms with van der Waals surface area (Å²) in [5.74, 6) is -0.838. The second-order valence-corrected chi connectivity index (χ2v) is 6.72. The average Bonchev–Trinajstić information content (AvgIpc) is 2.77. The predicted molar refractivity (Wildman–Crippen MR) is 116 cm³/mol. The van der Waals surface area contributed by atoms with Gasteiger partial charge in [-0.2, -0.15) is 5.10 Å². The molecule has 31 heavy (non-hydrogen) atoms. The van der Waals surface area contributed by atoms with E-state index in [4.69, 9.17) is 21.1 Å². The van der Waals surface area contributed by atoms with Crippen molar-refractivity contribution in [2.75, 3.05) is 20.8 Å². The average molecular weight is 443 g/mol. The number of carbonyl (C=O) groups excluding carboxylic acids is 2. The molecule has 3 aromatic rings. The number of carbonyl (C=O) groups is 2. The minimum Gasteiger partial charge on any atom is -0.507 e. The molecule has 3 rings (SSSR count). The van der Waals surface area contributed by atoms with Gasteiger partial charge in [0.2, 0.25) is 0 Å². The summed E-state index contributed by atoms with van der Waals surface area (Å²) < 4.78 is 15.1. The highest BCUT2D eigenvalue weighted by atomic mass is 35.5. The third-order valence-electron chi connectivity index (χ3n) is 4.30. The topological polar surface area (TPSA) is 106 Å². The Kier molecular flexibility index (Phi) is 6.94. The maximum atomic E-state index is 12.4. The molecule has 8 nitrogen and oxygen atoms in total. The van der Waals surface area contributed by atoms with E-state index in [0.717, 1.165) is 10.8 Å². The largest absolute Gasteiger partial charge is 0.507 e. The molecule has 1 amide bonds. The van der Waals surface area contributed by atoms with E-state index in [-0.39, 0.29) is 34.4 Å². The van der Waals surface area contributed by atoms with E-state index in [0.29, 0.717) is 5.56 Å². The summed E-state index contributed by atoms with van der Waals surface area (Å²) in [6.45, 7) is -0.328. The lowest BCUT2D eigenvalue weighted by atomic mass is 10.1.